The first-order valence-electron chi connectivity index (χ1n) is 5.56. The van der Waals surface area contributed by atoms with E-state index >= 15 is 0 Å². The average molecular weight is 240 g/mol. The van der Waals surface area contributed by atoms with Gasteiger partial charge in [-0.05, 0) is 24.3 Å². The maximum atomic E-state index is 5.90. The van der Waals surface area contributed by atoms with Crippen molar-refractivity contribution in [1.82, 2.24) is 20.2 Å². The van der Waals surface area contributed by atoms with Crippen molar-refractivity contribution in [2.24, 2.45) is 0 Å². The molecule has 18 heavy (non-hydrogen) atoms. The molecule has 6 heteroatoms. The largest absolute Gasteiger partial charge is 0.397 e. The SMILES string of the molecule is Nc1ccc(NCc2ncn[nH]2)c2cccnc12. The number of rotatable bonds is 3. The lowest BCUT2D eigenvalue weighted by Crippen LogP contribution is -2.02. The molecule has 0 spiro atoms. The molecule has 0 fully saturated rings. The molecule has 2 heterocycles. The maximum absolute atomic E-state index is 5.90. The Labute approximate surface area is 103 Å². The van der Waals surface area contributed by atoms with Gasteiger partial charge < -0.3 is 11.1 Å². The molecule has 0 bridgehead atoms. The van der Waals surface area contributed by atoms with Crippen molar-refractivity contribution in [3.05, 3.63) is 42.6 Å². The van der Waals surface area contributed by atoms with E-state index in [4.69, 9.17) is 5.73 Å². The van der Waals surface area contributed by atoms with Gasteiger partial charge in [0.15, 0.2) is 0 Å². The highest BCUT2D eigenvalue weighted by Gasteiger charge is 2.05. The van der Waals surface area contributed by atoms with Crippen LogP contribution in [0.1, 0.15) is 5.82 Å². The monoisotopic (exact) mass is 240 g/mol. The summed E-state index contributed by atoms with van der Waals surface area (Å²) in [6.45, 7) is 0.577. The molecule has 0 atom stereocenters. The van der Waals surface area contributed by atoms with Crippen LogP contribution >= 0.6 is 0 Å². The molecule has 0 radical (unpaired) electrons. The first-order chi connectivity index (χ1) is 8.84. The van der Waals surface area contributed by atoms with E-state index in [0.29, 0.717) is 12.2 Å². The number of benzene rings is 1. The highest BCUT2D eigenvalue weighted by molar-refractivity contribution is 5.98. The Morgan fingerprint density at radius 2 is 2.17 bits per heavy atom. The zero-order valence-corrected chi connectivity index (χ0v) is 9.59. The molecule has 4 N–H and O–H groups in total. The van der Waals surface area contributed by atoms with Gasteiger partial charge in [0.2, 0.25) is 0 Å². The summed E-state index contributed by atoms with van der Waals surface area (Å²) in [4.78, 5) is 8.35. The number of nitrogens with one attached hydrogen (secondary N) is 2. The zero-order chi connectivity index (χ0) is 12.4. The first kappa shape index (κ1) is 10.5. The number of H-pyrrole nitrogens is 1. The molecular formula is C12H12N6. The van der Waals surface area contributed by atoms with Gasteiger partial charge in [-0.3, -0.25) is 10.1 Å². The predicted octanol–water partition coefficient (Wildman–Crippen LogP) is 1.55. The van der Waals surface area contributed by atoms with Crippen molar-refractivity contribution in [3.63, 3.8) is 0 Å². The fraction of sp³-hybridized carbons (Fsp3) is 0.0833. The summed E-state index contributed by atoms with van der Waals surface area (Å²) in [5, 5.41) is 10.9. The van der Waals surface area contributed by atoms with Crippen LogP contribution in [0.2, 0.25) is 0 Å². The summed E-state index contributed by atoms with van der Waals surface area (Å²) in [6, 6.07) is 7.66. The molecule has 0 aliphatic rings. The van der Waals surface area contributed by atoms with Crippen LogP contribution in [-0.2, 0) is 6.54 Å². The van der Waals surface area contributed by atoms with E-state index in [0.717, 1.165) is 22.4 Å². The van der Waals surface area contributed by atoms with Crippen LogP contribution in [0.4, 0.5) is 11.4 Å². The van der Waals surface area contributed by atoms with E-state index in [1.807, 2.05) is 24.3 Å². The number of nitrogens with two attached hydrogens (primary N) is 1. The summed E-state index contributed by atoms with van der Waals surface area (Å²) in [6.07, 6.45) is 3.22. The molecule has 0 amide bonds. The highest BCUT2D eigenvalue weighted by atomic mass is 15.2. The number of fused-ring (bicyclic) bond motifs is 1. The second-order valence-electron chi connectivity index (χ2n) is 3.89. The average Bonchev–Trinajstić information content (AvgIpc) is 2.92. The molecular weight excluding hydrogens is 228 g/mol. The second-order valence-corrected chi connectivity index (χ2v) is 3.89. The maximum Gasteiger partial charge on any atom is 0.143 e. The molecule has 2 aromatic heterocycles. The molecule has 0 saturated carbocycles. The van der Waals surface area contributed by atoms with E-state index in [2.05, 4.69) is 25.5 Å². The van der Waals surface area contributed by atoms with Crippen molar-refractivity contribution >= 4 is 22.3 Å². The molecule has 0 aliphatic heterocycles. The van der Waals surface area contributed by atoms with Crippen LogP contribution < -0.4 is 11.1 Å². The molecule has 3 rings (SSSR count). The number of aromatic amines is 1. The number of hydrogen-bond acceptors (Lipinski definition) is 5. The van der Waals surface area contributed by atoms with E-state index in [-0.39, 0.29) is 0 Å². The Kier molecular flexibility index (Phi) is 2.53. The smallest absolute Gasteiger partial charge is 0.143 e. The molecule has 0 saturated heterocycles. The lowest BCUT2D eigenvalue weighted by atomic mass is 10.1. The quantitative estimate of drug-likeness (QED) is 0.604. The molecule has 3 aromatic rings. The predicted molar refractivity (Wildman–Crippen MR) is 69.9 cm³/mol. The van der Waals surface area contributed by atoms with Crippen LogP contribution in [-0.4, -0.2) is 20.2 Å². The van der Waals surface area contributed by atoms with Crippen molar-refractivity contribution in [2.75, 3.05) is 11.1 Å². The molecule has 90 valence electrons. The second kappa shape index (κ2) is 4.33. The van der Waals surface area contributed by atoms with E-state index in [1.165, 1.54) is 6.33 Å². The van der Waals surface area contributed by atoms with Crippen LogP contribution in [0, 0.1) is 0 Å². The standard InChI is InChI=1S/C12H12N6/c13-9-3-4-10(8-2-1-5-14-12(8)9)15-6-11-16-7-17-18-11/h1-5,7,15H,6,13H2,(H,16,17,18). The van der Waals surface area contributed by atoms with Crippen molar-refractivity contribution in [2.45, 2.75) is 6.54 Å². The summed E-state index contributed by atoms with van der Waals surface area (Å²) in [5.74, 6) is 0.781. The Balaban J connectivity index is 1.94. The minimum atomic E-state index is 0.577. The Hall–Kier alpha value is -2.63. The molecule has 0 aliphatic carbocycles. The van der Waals surface area contributed by atoms with E-state index in [1.54, 1.807) is 6.20 Å². The van der Waals surface area contributed by atoms with Gasteiger partial charge in [0.1, 0.15) is 12.2 Å². The summed E-state index contributed by atoms with van der Waals surface area (Å²) < 4.78 is 0. The third-order valence-electron chi connectivity index (χ3n) is 2.71. The van der Waals surface area contributed by atoms with Crippen LogP contribution in [0.25, 0.3) is 10.9 Å². The third kappa shape index (κ3) is 1.84. The Morgan fingerprint density at radius 1 is 1.22 bits per heavy atom. The number of pyridine rings is 1. The van der Waals surface area contributed by atoms with Crippen LogP contribution in [0.15, 0.2) is 36.8 Å². The summed E-state index contributed by atoms with van der Waals surface area (Å²) in [5.41, 5.74) is 8.35. The molecule has 1 aromatic carbocycles. The topological polar surface area (TPSA) is 92.5 Å². The fourth-order valence-corrected chi connectivity index (χ4v) is 1.84. The Morgan fingerprint density at radius 3 is 3.00 bits per heavy atom. The van der Waals surface area contributed by atoms with Crippen LogP contribution in [0.3, 0.4) is 0 Å². The van der Waals surface area contributed by atoms with Gasteiger partial charge in [-0.15, -0.1) is 0 Å². The van der Waals surface area contributed by atoms with Gasteiger partial charge in [0, 0.05) is 17.3 Å². The number of hydrogen-bond donors (Lipinski definition) is 3. The van der Waals surface area contributed by atoms with Gasteiger partial charge in [-0.1, -0.05) is 0 Å². The lowest BCUT2D eigenvalue weighted by molar-refractivity contribution is 0.956. The first-order valence-corrected chi connectivity index (χ1v) is 5.56. The summed E-state index contributed by atoms with van der Waals surface area (Å²) >= 11 is 0. The molecule has 6 nitrogen and oxygen atoms in total. The number of aromatic nitrogens is 4. The number of nitrogens with zero attached hydrogens (tertiary/aromatic N) is 3. The van der Waals surface area contributed by atoms with Crippen molar-refractivity contribution < 1.29 is 0 Å². The van der Waals surface area contributed by atoms with Gasteiger partial charge in [-0.2, -0.15) is 5.10 Å². The number of nitrogen functional groups attached to an aromatic ring is 1. The van der Waals surface area contributed by atoms with E-state index < -0.39 is 0 Å². The van der Waals surface area contributed by atoms with Gasteiger partial charge in [-0.25, -0.2) is 4.98 Å². The third-order valence-corrected chi connectivity index (χ3v) is 2.71. The van der Waals surface area contributed by atoms with Crippen molar-refractivity contribution in [3.8, 4) is 0 Å². The highest BCUT2D eigenvalue weighted by Crippen LogP contribution is 2.26. The van der Waals surface area contributed by atoms with E-state index in [9.17, 15) is 0 Å². The zero-order valence-electron chi connectivity index (χ0n) is 9.59. The Bertz CT molecular complexity index is 661. The minimum Gasteiger partial charge on any atom is -0.397 e. The van der Waals surface area contributed by atoms with Gasteiger partial charge >= 0.3 is 0 Å². The van der Waals surface area contributed by atoms with Crippen LogP contribution in [0.5, 0.6) is 0 Å². The minimum absolute atomic E-state index is 0.577. The normalized spacial score (nSPS) is 10.7. The summed E-state index contributed by atoms with van der Waals surface area (Å²) in [7, 11) is 0. The van der Waals surface area contributed by atoms with Crippen molar-refractivity contribution in [1.29, 1.82) is 0 Å². The lowest BCUT2D eigenvalue weighted by Gasteiger charge is -2.09. The molecule has 0 unspecified atom stereocenters. The van der Waals surface area contributed by atoms with Gasteiger partial charge in [0.05, 0.1) is 17.7 Å². The fourth-order valence-electron chi connectivity index (χ4n) is 1.84. The van der Waals surface area contributed by atoms with Gasteiger partial charge in [0.25, 0.3) is 0 Å². The number of anilines is 2.